The minimum absolute atomic E-state index is 0.118. The summed E-state index contributed by atoms with van der Waals surface area (Å²) in [7, 11) is 0. The van der Waals surface area contributed by atoms with Crippen LogP contribution in [0.3, 0.4) is 0 Å². The number of halogens is 2. The van der Waals surface area contributed by atoms with E-state index in [0.717, 1.165) is 51.1 Å². The van der Waals surface area contributed by atoms with Crippen LogP contribution in [0.15, 0.2) is 48.5 Å². The van der Waals surface area contributed by atoms with Crippen molar-refractivity contribution in [3.05, 3.63) is 70.5 Å². The lowest BCUT2D eigenvalue weighted by Crippen LogP contribution is -2.36. The van der Waals surface area contributed by atoms with Gasteiger partial charge in [-0.25, -0.2) is 4.39 Å². The number of carbonyl (C=O) groups excluding carboxylic acids is 1. The maximum Gasteiger partial charge on any atom is 0.290 e. The van der Waals surface area contributed by atoms with E-state index in [1.807, 2.05) is 13.0 Å². The van der Waals surface area contributed by atoms with E-state index in [4.69, 9.17) is 21.5 Å². The minimum atomic E-state index is -0.301. The summed E-state index contributed by atoms with van der Waals surface area (Å²) in [5.41, 5.74) is 2.43. The molecular formula is C25H30ClFN2O3. The zero-order chi connectivity index (χ0) is 23.1. The van der Waals surface area contributed by atoms with Crippen molar-refractivity contribution in [3.8, 4) is 0 Å². The fraction of sp³-hybridized carbons (Fsp3) is 0.440. The number of rotatable bonds is 6. The summed E-state index contributed by atoms with van der Waals surface area (Å²) in [5.74, 6) is 0.428. The maximum atomic E-state index is 13.4. The van der Waals surface area contributed by atoms with Crippen LogP contribution >= 0.6 is 11.6 Å². The van der Waals surface area contributed by atoms with Gasteiger partial charge < -0.3 is 10.0 Å². The molecule has 172 valence electrons. The Hall–Kier alpha value is -2.44. The highest BCUT2D eigenvalue weighted by molar-refractivity contribution is 6.31. The van der Waals surface area contributed by atoms with E-state index in [1.54, 1.807) is 6.07 Å². The summed E-state index contributed by atoms with van der Waals surface area (Å²) < 4.78 is 13.4. The Labute approximate surface area is 193 Å². The van der Waals surface area contributed by atoms with Crippen molar-refractivity contribution < 1.29 is 19.1 Å². The Kier molecular flexibility index (Phi) is 8.26. The summed E-state index contributed by atoms with van der Waals surface area (Å²) in [6, 6.07) is 15.2. The monoisotopic (exact) mass is 460 g/mol. The van der Waals surface area contributed by atoms with E-state index in [-0.39, 0.29) is 23.6 Å². The van der Waals surface area contributed by atoms with Crippen LogP contribution in [0.4, 0.5) is 4.39 Å². The number of benzene rings is 2. The van der Waals surface area contributed by atoms with Crippen LogP contribution in [0.1, 0.15) is 30.9 Å². The number of hydrogen-bond donors (Lipinski definition) is 1. The van der Waals surface area contributed by atoms with Crippen LogP contribution in [-0.2, 0) is 22.6 Å². The van der Waals surface area contributed by atoms with Gasteiger partial charge in [-0.1, -0.05) is 54.9 Å². The highest BCUT2D eigenvalue weighted by Gasteiger charge is 2.52. The van der Waals surface area contributed by atoms with E-state index in [0.29, 0.717) is 17.4 Å². The van der Waals surface area contributed by atoms with Crippen molar-refractivity contribution in [2.75, 3.05) is 26.2 Å². The first kappa shape index (κ1) is 24.2. The molecule has 4 rings (SSSR count). The SMILES string of the molecule is CCC(=O)N1CC2CN(Cc3ccc(F)cc3Cl)CC2(CCc2ccccc2)C1.O=CO. The topological polar surface area (TPSA) is 60.9 Å². The maximum absolute atomic E-state index is 13.4. The fourth-order valence-electron chi connectivity index (χ4n) is 5.11. The molecule has 2 aliphatic heterocycles. The number of amides is 1. The molecule has 0 aromatic heterocycles. The number of fused-ring (bicyclic) bond motifs is 1. The molecule has 2 heterocycles. The van der Waals surface area contributed by atoms with Gasteiger partial charge in [-0.3, -0.25) is 14.5 Å². The summed E-state index contributed by atoms with van der Waals surface area (Å²) >= 11 is 6.27. The molecule has 0 bridgehead atoms. The Morgan fingerprint density at radius 2 is 1.94 bits per heavy atom. The Morgan fingerprint density at radius 3 is 2.59 bits per heavy atom. The molecule has 2 atom stereocenters. The molecule has 32 heavy (non-hydrogen) atoms. The molecule has 2 unspecified atom stereocenters. The second kappa shape index (κ2) is 10.9. The molecule has 2 saturated heterocycles. The molecule has 1 N–H and O–H groups in total. The average Bonchev–Trinajstić information content (AvgIpc) is 3.29. The van der Waals surface area contributed by atoms with Crippen LogP contribution in [0.5, 0.6) is 0 Å². The van der Waals surface area contributed by atoms with Gasteiger partial charge in [0.05, 0.1) is 0 Å². The Balaban J connectivity index is 0.000000913. The van der Waals surface area contributed by atoms with Gasteiger partial charge in [-0.05, 0) is 42.0 Å². The molecule has 0 aliphatic carbocycles. The zero-order valence-corrected chi connectivity index (χ0v) is 19.1. The molecule has 7 heteroatoms. The van der Waals surface area contributed by atoms with Crippen LogP contribution in [0, 0.1) is 17.2 Å². The van der Waals surface area contributed by atoms with Gasteiger partial charge in [0, 0.05) is 49.6 Å². The molecule has 2 fully saturated rings. The summed E-state index contributed by atoms with van der Waals surface area (Å²) in [5, 5.41) is 7.38. The van der Waals surface area contributed by atoms with Gasteiger partial charge in [0.15, 0.2) is 0 Å². The first-order valence-corrected chi connectivity index (χ1v) is 11.3. The van der Waals surface area contributed by atoms with Gasteiger partial charge in [-0.15, -0.1) is 0 Å². The smallest absolute Gasteiger partial charge is 0.290 e. The largest absolute Gasteiger partial charge is 0.483 e. The van der Waals surface area contributed by atoms with Gasteiger partial charge in [0.2, 0.25) is 5.91 Å². The van der Waals surface area contributed by atoms with Crippen molar-refractivity contribution in [2.24, 2.45) is 11.3 Å². The first-order valence-electron chi connectivity index (χ1n) is 11.0. The third kappa shape index (κ3) is 5.67. The van der Waals surface area contributed by atoms with Crippen LogP contribution in [0.2, 0.25) is 5.02 Å². The normalized spacial score (nSPS) is 22.2. The Bertz CT molecular complexity index is 927. The third-order valence-corrected chi connectivity index (χ3v) is 7.00. The molecule has 2 aliphatic rings. The number of carboxylic acid groups (broad SMARTS) is 1. The van der Waals surface area contributed by atoms with Crippen LogP contribution in [0.25, 0.3) is 0 Å². The summed E-state index contributed by atoms with van der Waals surface area (Å²) in [6.07, 6.45) is 2.66. The first-order chi connectivity index (χ1) is 15.4. The van der Waals surface area contributed by atoms with E-state index in [9.17, 15) is 9.18 Å². The fourth-order valence-corrected chi connectivity index (χ4v) is 5.34. The van der Waals surface area contributed by atoms with Crippen LogP contribution in [-0.4, -0.2) is 53.5 Å². The Morgan fingerprint density at radius 1 is 1.22 bits per heavy atom. The summed E-state index contributed by atoms with van der Waals surface area (Å²) in [4.78, 5) is 25.2. The van der Waals surface area contributed by atoms with Gasteiger partial charge in [0.1, 0.15) is 5.82 Å². The quantitative estimate of drug-likeness (QED) is 0.645. The number of carbonyl (C=O) groups is 2. The lowest BCUT2D eigenvalue weighted by molar-refractivity contribution is -0.130. The van der Waals surface area contributed by atoms with Crippen LogP contribution < -0.4 is 0 Å². The lowest BCUT2D eigenvalue weighted by Gasteiger charge is -2.30. The molecule has 5 nitrogen and oxygen atoms in total. The average molecular weight is 461 g/mol. The molecular weight excluding hydrogens is 431 g/mol. The lowest BCUT2D eigenvalue weighted by atomic mass is 9.76. The molecule has 1 amide bonds. The zero-order valence-electron chi connectivity index (χ0n) is 18.3. The van der Waals surface area contributed by atoms with Gasteiger partial charge >= 0.3 is 0 Å². The minimum Gasteiger partial charge on any atom is -0.483 e. The van der Waals surface area contributed by atoms with Crippen molar-refractivity contribution in [1.82, 2.24) is 9.80 Å². The van der Waals surface area contributed by atoms with Crippen molar-refractivity contribution in [2.45, 2.75) is 32.7 Å². The number of likely N-dealkylation sites (tertiary alicyclic amines) is 2. The van der Waals surface area contributed by atoms with Crippen molar-refractivity contribution >= 4 is 24.0 Å². The number of hydrogen-bond acceptors (Lipinski definition) is 3. The number of aryl methyl sites for hydroxylation is 1. The predicted molar refractivity (Wildman–Crippen MR) is 123 cm³/mol. The van der Waals surface area contributed by atoms with E-state index in [1.165, 1.54) is 17.7 Å². The molecule has 0 saturated carbocycles. The van der Waals surface area contributed by atoms with E-state index >= 15 is 0 Å². The molecule has 0 spiro atoms. The van der Waals surface area contributed by atoms with Gasteiger partial charge in [-0.2, -0.15) is 0 Å². The second-order valence-electron chi connectivity index (χ2n) is 8.68. The van der Waals surface area contributed by atoms with E-state index in [2.05, 4.69) is 34.1 Å². The second-order valence-corrected chi connectivity index (χ2v) is 9.09. The highest BCUT2D eigenvalue weighted by Crippen LogP contribution is 2.46. The highest BCUT2D eigenvalue weighted by atomic mass is 35.5. The van der Waals surface area contributed by atoms with Crippen molar-refractivity contribution in [1.29, 1.82) is 0 Å². The van der Waals surface area contributed by atoms with Crippen molar-refractivity contribution in [3.63, 3.8) is 0 Å². The van der Waals surface area contributed by atoms with Gasteiger partial charge in [0.25, 0.3) is 6.47 Å². The van der Waals surface area contributed by atoms with E-state index < -0.39 is 0 Å². The molecule has 2 aromatic carbocycles. The standard InChI is InChI=1S/C24H28ClFN2O.CH2O2/c1-2-23(29)28-15-20-14-27(13-19-8-9-21(26)12-22(19)25)16-24(20,17-28)11-10-18-6-4-3-5-7-18;2-1-3/h3-9,12,20H,2,10-11,13-17H2,1H3;1H,(H,2,3). The predicted octanol–water partition coefficient (Wildman–Crippen LogP) is 4.48. The number of nitrogens with zero attached hydrogens (tertiary/aromatic N) is 2. The molecule has 2 aromatic rings. The molecule has 0 radical (unpaired) electrons. The third-order valence-electron chi connectivity index (χ3n) is 6.65. The summed E-state index contributed by atoms with van der Waals surface area (Å²) in [6.45, 7) is 6.00.